The molecular weight excluding hydrogens is 314 g/mol. The molecule has 0 aromatic heterocycles. The first-order valence-corrected chi connectivity index (χ1v) is 10.2. The van der Waals surface area contributed by atoms with Gasteiger partial charge in [-0.15, -0.1) is 0 Å². The molecule has 0 bridgehead atoms. The number of amides is 1. The third-order valence-electron chi connectivity index (χ3n) is 5.50. The van der Waals surface area contributed by atoms with Crippen molar-refractivity contribution in [3.63, 3.8) is 0 Å². The first kappa shape index (κ1) is 20.0. The lowest BCUT2D eigenvalue weighted by atomic mass is 10.0. The number of hydrogen-bond donors (Lipinski definition) is 3. The van der Waals surface area contributed by atoms with Gasteiger partial charge in [-0.1, -0.05) is 26.2 Å². The summed E-state index contributed by atoms with van der Waals surface area (Å²) in [6.07, 6.45) is 10.5. The number of hydrogen-bond acceptors (Lipinski definition) is 3. The van der Waals surface area contributed by atoms with Crippen LogP contribution in [0, 0.1) is 0 Å². The molecule has 3 N–H and O–H groups in total. The van der Waals surface area contributed by atoms with Crippen LogP contribution in [0.2, 0.25) is 0 Å². The van der Waals surface area contributed by atoms with E-state index in [2.05, 4.69) is 32.8 Å². The van der Waals surface area contributed by atoms with Crippen LogP contribution in [0.3, 0.4) is 0 Å². The zero-order valence-corrected chi connectivity index (χ0v) is 16.1. The van der Waals surface area contributed by atoms with Crippen LogP contribution in [-0.2, 0) is 4.79 Å². The predicted molar refractivity (Wildman–Crippen MR) is 104 cm³/mol. The molecule has 1 heterocycles. The summed E-state index contributed by atoms with van der Waals surface area (Å²) < 4.78 is 0. The lowest BCUT2D eigenvalue weighted by Gasteiger charge is -2.35. The van der Waals surface area contributed by atoms with Gasteiger partial charge in [-0.05, 0) is 38.6 Å². The number of piperidine rings is 1. The van der Waals surface area contributed by atoms with Crippen LogP contribution in [0.25, 0.3) is 0 Å². The van der Waals surface area contributed by atoms with Crippen molar-refractivity contribution >= 4 is 11.9 Å². The maximum atomic E-state index is 11.9. The fraction of sp³-hybridized carbons (Fsp3) is 0.895. The SMILES string of the molecule is CCC1CCCCN1CCNC(=NC)NCCC(=O)NC1CCCC1. The van der Waals surface area contributed by atoms with E-state index in [1.165, 1.54) is 45.1 Å². The summed E-state index contributed by atoms with van der Waals surface area (Å²) in [7, 11) is 1.78. The summed E-state index contributed by atoms with van der Waals surface area (Å²) in [6.45, 7) is 6.08. The Bertz CT molecular complexity index is 420. The Labute approximate surface area is 153 Å². The molecule has 6 nitrogen and oxygen atoms in total. The molecular formula is C19H37N5O. The van der Waals surface area contributed by atoms with Crippen LogP contribution in [0.1, 0.15) is 64.7 Å². The van der Waals surface area contributed by atoms with E-state index in [0.717, 1.165) is 37.9 Å². The number of guanidine groups is 1. The van der Waals surface area contributed by atoms with Crippen LogP contribution in [0.5, 0.6) is 0 Å². The molecule has 0 aromatic carbocycles. The third kappa shape index (κ3) is 7.22. The average molecular weight is 352 g/mol. The highest BCUT2D eigenvalue weighted by molar-refractivity contribution is 5.81. The van der Waals surface area contributed by atoms with Gasteiger partial charge in [-0.3, -0.25) is 14.7 Å². The molecule has 0 radical (unpaired) electrons. The van der Waals surface area contributed by atoms with Crippen LogP contribution in [-0.4, -0.2) is 62.1 Å². The van der Waals surface area contributed by atoms with Gasteiger partial charge < -0.3 is 16.0 Å². The van der Waals surface area contributed by atoms with Crippen molar-refractivity contribution in [2.45, 2.75) is 76.8 Å². The van der Waals surface area contributed by atoms with Crippen LogP contribution >= 0.6 is 0 Å². The van der Waals surface area contributed by atoms with Crippen molar-refractivity contribution in [1.82, 2.24) is 20.9 Å². The van der Waals surface area contributed by atoms with Gasteiger partial charge in [0, 0.05) is 45.2 Å². The van der Waals surface area contributed by atoms with E-state index in [1.54, 1.807) is 7.05 Å². The maximum absolute atomic E-state index is 11.9. The molecule has 2 aliphatic rings. The van der Waals surface area contributed by atoms with Gasteiger partial charge in [0.05, 0.1) is 0 Å². The number of likely N-dealkylation sites (tertiary alicyclic amines) is 1. The molecule has 1 aliphatic heterocycles. The minimum absolute atomic E-state index is 0.147. The number of nitrogens with one attached hydrogen (secondary N) is 3. The summed E-state index contributed by atoms with van der Waals surface area (Å²) in [5.41, 5.74) is 0. The minimum atomic E-state index is 0.147. The van der Waals surface area contributed by atoms with E-state index < -0.39 is 0 Å². The average Bonchev–Trinajstić information content (AvgIpc) is 3.13. The van der Waals surface area contributed by atoms with Crippen molar-refractivity contribution in [2.24, 2.45) is 4.99 Å². The summed E-state index contributed by atoms with van der Waals surface area (Å²) >= 11 is 0. The largest absolute Gasteiger partial charge is 0.356 e. The molecule has 1 unspecified atom stereocenters. The Balaban J connectivity index is 1.57. The molecule has 1 saturated carbocycles. The summed E-state index contributed by atoms with van der Waals surface area (Å²) in [5, 5.41) is 9.74. The molecule has 1 saturated heterocycles. The monoisotopic (exact) mass is 351 g/mol. The molecule has 2 fully saturated rings. The summed E-state index contributed by atoms with van der Waals surface area (Å²) in [5.74, 6) is 0.938. The first-order valence-electron chi connectivity index (χ1n) is 10.2. The highest BCUT2D eigenvalue weighted by atomic mass is 16.1. The van der Waals surface area contributed by atoms with Crippen LogP contribution in [0.4, 0.5) is 0 Å². The smallest absolute Gasteiger partial charge is 0.221 e. The Morgan fingerprint density at radius 1 is 1.08 bits per heavy atom. The quantitative estimate of drug-likeness (QED) is 0.461. The van der Waals surface area contributed by atoms with Gasteiger partial charge in [0.25, 0.3) is 0 Å². The van der Waals surface area contributed by atoms with Crippen molar-refractivity contribution in [3.8, 4) is 0 Å². The Hall–Kier alpha value is -1.30. The van der Waals surface area contributed by atoms with Crippen molar-refractivity contribution in [1.29, 1.82) is 0 Å². The third-order valence-corrected chi connectivity index (χ3v) is 5.50. The van der Waals surface area contributed by atoms with E-state index in [1.807, 2.05) is 0 Å². The van der Waals surface area contributed by atoms with E-state index in [0.29, 0.717) is 19.0 Å². The van der Waals surface area contributed by atoms with Crippen molar-refractivity contribution in [2.75, 3.05) is 33.2 Å². The van der Waals surface area contributed by atoms with E-state index in [-0.39, 0.29) is 5.91 Å². The number of nitrogens with zero attached hydrogens (tertiary/aromatic N) is 2. The second kappa shape index (κ2) is 11.3. The van der Waals surface area contributed by atoms with Crippen molar-refractivity contribution < 1.29 is 4.79 Å². The summed E-state index contributed by atoms with van der Waals surface area (Å²) in [6, 6.07) is 1.14. The van der Waals surface area contributed by atoms with E-state index in [9.17, 15) is 4.79 Å². The molecule has 0 aromatic rings. The zero-order chi connectivity index (χ0) is 17.9. The first-order chi connectivity index (χ1) is 12.2. The second-order valence-electron chi connectivity index (χ2n) is 7.32. The van der Waals surface area contributed by atoms with Gasteiger partial charge in [0.15, 0.2) is 5.96 Å². The molecule has 0 spiro atoms. The van der Waals surface area contributed by atoms with E-state index >= 15 is 0 Å². The number of rotatable bonds is 8. The standard InChI is InChI=1S/C19H37N5O/c1-3-17-10-6-7-14-24(17)15-13-22-19(20-2)21-12-11-18(25)23-16-8-4-5-9-16/h16-17H,3-15H2,1-2H3,(H,23,25)(H2,20,21,22). The fourth-order valence-corrected chi connectivity index (χ4v) is 4.02. The number of aliphatic imine (C=N–C) groups is 1. The molecule has 144 valence electrons. The normalized spacial score (nSPS) is 22.8. The van der Waals surface area contributed by atoms with Crippen molar-refractivity contribution in [3.05, 3.63) is 0 Å². The van der Waals surface area contributed by atoms with Gasteiger partial charge in [-0.2, -0.15) is 0 Å². The number of carbonyl (C=O) groups excluding carboxylic acids is 1. The van der Waals surface area contributed by atoms with Crippen LogP contribution in [0.15, 0.2) is 4.99 Å². The molecule has 2 rings (SSSR count). The lowest BCUT2D eigenvalue weighted by molar-refractivity contribution is -0.121. The predicted octanol–water partition coefficient (Wildman–Crippen LogP) is 1.86. The lowest BCUT2D eigenvalue weighted by Crippen LogP contribution is -2.46. The van der Waals surface area contributed by atoms with Gasteiger partial charge in [0.1, 0.15) is 0 Å². The Kier molecular flexibility index (Phi) is 9.08. The Morgan fingerprint density at radius 2 is 1.80 bits per heavy atom. The van der Waals surface area contributed by atoms with E-state index in [4.69, 9.17) is 0 Å². The maximum Gasteiger partial charge on any atom is 0.221 e. The fourth-order valence-electron chi connectivity index (χ4n) is 4.02. The minimum Gasteiger partial charge on any atom is -0.356 e. The zero-order valence-electron chi connectivity index (χ0n) is 16.1. The van der Waals surface area contributed by atoms with Gasteiger partial charge in [0.2, 0.25) is 5.91 Å². The van der Waals surface area contributed by atoms with Gasteiger partial charge in [-0.25, -0.2) is 0 Å². The number of carbonyl (C=O) groups is 1. The second-order valence-corrected chi connectivity index (χ2v) is 7.32. The highest BCUT2D eigenvalue weighted by Crippen LogP contribution is 2.18. The molecule has 1 amide bonds. The van der Waals surface area contributed by atoms with Crippen LogP contribution < -0.4 is 16.0 Å². The molecule has 1 atom stereocenters. The summed E-state index contributed by atoms with van der Waals surface area (Å²) in [4.78, 5) is 18.8. The molecule has 25 heavy (non-hydrogen) atoms. The molecule has 1 aliphatic carbocycles. The van der Waals surface area contributed by atoms with Gasteiger partial charge >= 0.3 is 0 Å². The molecule has 6 heteroatoms. The topological polar surface area (TPSA) is 68.8 Å². The highest BCUT2D eigenvalue weighted by Gasteiger charge is 2.20. The Morgan fingerprint density at radius 3 is 2.52 bits per heavy atom.